The lowest BCUT2D eigenvalue weighted by Gasteiger charge is -2.10. The monoisotopic (exact) mass is 390 g/mol. The number of rotatable bonds is 6. The largest absolute Gasteiger partial charge is 0.494 e. The average Bonchev–Trinajstić information content (AvgIpc) is 3.42. The zero-order valence-corrected chi connectivity index (χ0v) is 16.7. The minimum Gasteiger partial charge on any atom is -0.494 e. The highest BCUT2D eigenvalue weighted by Gasteiger charge is 2.26. The molecule has 0 aliphatic heterocycles. The lowest BCUT2D eigenvalue weighted by Crippen LogP contribution is -2.06. The van der Waals surface area contributed by atoms with E-state index in [2.05, 4.69) is 10.6 Å². The number of aldehydes is 1. The van der Waals surface area contributed by atoms with Gasteiger partial charge in [0.25, 0.3) is 0 Å². The molecule has 0 spiro atoms. The molecule has 1 aromatic carbocycles. The fourth-order valence-corrected chi connectivity index (χ4v) is 3.94. The second-order valence-corrected chi connectivity index (χ2v) is 7.55. The summed E-state index contributed by atoms with van der Waals surface area (Å²) in [6.07, 6.45) is 3.29. The molecule has 1 aliphatic carbocycles. The van der Waals surface area contributed by atoms with Crippen LogP contribution in [0.4, 0.5) is 0 Å². The number of methoxy groups -OCH3 is 2. The van der Waals surface area contributed by atoms with E-state index in [9.17, 15) is 4.79 Å². The summed E-state index contributed by atoms with van der Waals surface area (Å²) in [5.74, 6) is 2.72. The van der Waals surface area contributed by atoms with E-state index in [1.807, 2.05) is 23.7 Å². The molecular formula is C22H22N4O3. The summed E-state index contributed by atoms with van der Waals surface area (Å²) >= 11 is 0. The van der Waals surface area contributed by atoms with Crippen LogP contribution in [0.1, 0.15) is 23.2 Å². The zero-order valence-electron chi connectivity index (χ0n) is 16.7. The van der Waals surface area contributed by atoms with Crippen LogP contribution in [-0.4, -0.2) is 39.6 Å². The molecule has 3 heterocycles. The molecule has 0 saturated heterocycles. The van der Waals surface area contributed by atoms with Crippen molar-refractivity contribution in [2.45, 2.75) is 19.4 Å². The third-order valence-corrected chi connectivity index (χ3v) is 5.61. The summed E-state index contributed by atoms with van der Waals surface area (Å²) in [4.78, 5) is 20.9. The fourth-order valence-electron chi connectivity index (χ4n) is 3.94. The number of pyridine rings is 1. The van der Waals surface area contributed by atoms with Gasteiger partial charge in [-0.25, -0.2) is 4.98 Å². The van der Waals surface area contributed by atoms with Gasteiger partial charge in [-0.15, -0.1) is 0 Å². The fraction of sp³-hybridized carbons (Fsp3) is 0.318. The van der Waals surface area contributed by atoms with Crippen LogP contribution in [0, 0.1) is 5.92 Å². The predicted octanol–water partition coefficient (Wildman–Crippen LogP) is 3.83. The van der Waals surface area contributed by atoms with Crippen molar-refractivity contribution in [1.29, 1.82) is 0 Å². The van der Waals surface area contributed by atoms with Crippen molar-refractivity contribution < 1.29 is 14.3 Å². The van der Waals surface area contributed by atoms with Gasteiger partial charge in [-0.2, -0.15) is 4.98 Å². The number of aryl methyl sites for hydroxylation is 1. The number of aromatic nitrogens is 4. The lowest BCUT2D eigenvalue weighted by atomic mass is 10.2. The van der Waals surface area contributed by atoms with E-state index in [0.717, 1.165) is 46.4 Å². The molecule has 0 unspecified atom stereocenters. The third-order valence-electron chi connectivity index (χ3n) is 5.61. The van der Waals surface area contributed by atoms with Crippen molar-refractivity contribution in [3.8, 4) is 23.1 Å². The average molecular weight is 390 g/mol. The minimum atomic E-state index is 0.545. The van der Waals surface area contributed by atoms with Gasteiger partial charge in [0.1, 0.15) is 23.2 Å². The van der Waals surface area contributed by atoms with E-state index in [0.29, 0.717) is 23.1 Å². The Morgan fingerprint density at radius 2 is 1.97 bits per heavy atom. The molecule has 5 rings (SSSR count). The first-order chi connectivity index (χ1) is 14.1. The molecule has 0 bridgehead atoms. The number of benzene rings is 1. The van der Waals surface area contributed by atoms with Crippen molar-refractivity contribution in [1.82, 2.24) is 19.1 Å². The van der Waals surface area contributed by atoms with E-state index in [4.69, 9.17) is 19.4 Å². The Morgan fingerprint density at radius 1 is 1.14 bits per heavy atom. The molecule has 0 atom stereocenters. The summed E-state index contributed by atoms with van der Waals surface area (Å²) < 4.78 is 15.1. The van der Waals surface area contributed by atoms with Gasteiger partial charge >= 0.3 is 0 Å². The molecule has 7 heteroatoms. The Kier molecular flexibility index (Phi) is 4.04. The highest BCUT2D eigenvalue weighted by molar-refractivity contribution is 5.92. The van der Waals surface area contributed by atoms with Crippen LogP contribution in [0.5, 0.6) is 11.6 Å². The molecule has 0 N–H and O–H groups in total. The maximum absolute atomic E-state index is 11.3. The van der Waals surface area contributed by atoms with Gasteiger partial charge in [0, 0.05) is 30.6 Å². The number of ether oxygens (including phenoxy) is 2. The van der Waals surface area contributed by atoms with Gasteiger partial charge in [-0.05, 0) is 43.0 Å². The first kappa shape index (κ1) is 17.7. The van der Waals surface area contributed by atoms with Crippen LogP contribution >= 0.6 is 0 Å². The smallest absolute Gasteiger partial charge is 0.214 e. The first-order valence-electron chi connectivity index (χ1n) is 9.67. The first-order valence-corrected chi connectivity index (χ1v) is 9.67. The molecule has 4 aromatic rings. The number of hydrogen-bond acceptors (Lipinski definition) is 5. The van der Waals surface area contributed by atoms with E-state index in [1.54, 1.807) is 26.4 Å². The molecule has 7 nitrogen and oxygen atoms in total. The van der Waals surface area contributed by atoms with E-state index in [1.165, 1.54) is 12.8 Å². The predicted molar refractivity (Wildman–Crippen MR) is 111 cm³/mol. The highest BCUT2D eigenvalue weighted by atomic mass is 16.5. The molecule has 3 aromatic heterocycles. The van der Waals surface area contributed by atoms with Crippen molar-refractivity contribution in [3.63, 3.8) is 0 Å². The Balaban J connectivity index is 1.77. The van der Waals surface area contributed by atoms with E-state index in [-0.39, 0.29) is 0 Å². The number of imidazole rings is 1. The van der Waals surface area contributed by atoms with Crippen LogP contribution in [0.2, 0.25) is 0 Å². The Hall–Kier alpha value is -3.35. The molecule has 0 radical (unpaired) electrons. The summed E-state index contributed by atoms with van der Waals surface area (Å²) in [6, 6.07) is 9.57. The topological polar surface area (TPSA) is 71.2 Å². The van der Waals surface area contributed by atoms with E-state index < -0.39 is 0 Å². The quantitative estimate of drug-likeness (QED) is 0.468. The summed E-state index contributed by atoms with van der Waals surface area (Å²) in [7, 11) is 5.21. The Morgan fingerprint density at radius 3 is 2.66 bits per heavy atom. The molecule has 0 amide bonds. The summed E-state index contributed by atoms with van der Waals surface area (Å²) in [6.45, 7) is 0.902. The third kappa shape index (κ3) is 2.85. The van der Waals surface area contributed by atoms with Crippen molar-refractivity contribution >= 4 is 28.4 Å². The molecular weight excluding hydrogens is 368 g/mol. The van der Waals surface area contributed by atoms with Gasteiger partial charge in [0.05, 0.1) is 25.4 Å². The van der Waals surface area contributed by atoms with Crippen LogP contribution in [0.15, 0.2) is 30.3 Å². The lowest BCUT2D eigenvalue weighted by molar-refractivity contribution is 0.112. The molecule has 1 saturated carbocycles. The Bertz CT molecular complexity index is 1250. The SMILES string of the molecule is COc1ccc2cc(-c3nc4cc(C=O)cc(OC)c4n3C)n(CC3CC3)c2n1. The van der Waals surface area contributed by atoms with Crippen LogP contribution in [-0.2, 0) is 13.6 Å². The highest BCUT2D eigenvalue weighted by Crippen LogP contribution is 2.37. The van der Waals surface area contributed by atoms with Crippen molar-refractivity contribution in [2.24, 2.45) is 13.0 Å². The number of carbonyl (C=O) groups excluding carboxylic acids is 1. The van der Waals surface area contributed by atoms with Crippen LogP contribution in [0.25, 0.3) is 33.6 Å². The standard InChI is InChI=1S/C22H22N4O3/c1-25-20-16(8-14(12-27)9-18(20)28-2)23-22(25)17-10-15-6-7-19(29-3)24-21(15)26(17)11-13-4-5-13/h6-10,12-13H,4-5,11H2,1-3H3. The zero-order chi connectivity index (χ0) is 20.1. The maximum Gasteiger partial charge on any atom is 0.214 e. The molecule has 1 fully saturated rings. The molecule has 29 heavy (non-hydrogen) atoms. The second-order valence-electron chi connectivity index (χ2n) is 7.55. The van der Waals surface area contributed by atoms with Crippen LogP contribution < -0.4 is 9.47 Å². The molecule has 1 aliphatic rings. The molecule has 148 valence electrons. The van der Waals surface area contributed by atoms with Gasteiger partial charge < -0.3 is 18.6 Å². The maximum atomic E-state index is 11.3. The van der Waals surface area contributed by atoms with Crippen molar-refractivity contribution in [2.75, 3.05) is 14.2 Å². The van der Waals surface area contributed by atoms with Gasteiger partial charge in [-0.1, -0.05) is 0 Å². The minimum absolute atomic E-state index is 0.545. The number of nitrogens with zero attached hydrogens (tertiary/aromatic N) is 4. The summed E-state index contributed by atoms with van der Waals surface area (Å²) in [5.41, 5.74) is 4.04. The number of carbonyl (C=O) groups is 1. The summed E-state index contributed by atoms with van der Waals surface area (Å²) in [5, 5.41) is 1.05. The van der Waals surface area contributed by atoms with Gasteiger partial charge in [0.2, 0.25) is 5.88 Å². The van der Waals surface area contributed by atoms with Gasteiger partial charge in [-0.3, -0.25) is 4.79 Å². The van der Waals surface area contributed by atoms with Gasteiger partial charge in [0.15, 0.2) is 5.82 Å². The number of fused-ring (bicyclic) bond motifs is 2. The number of hydrogen-bond donors (Lipinski definition) is 0. The van der Waals surface area contributed by atoms with E-state index >= 15 is 0 Å². The second kappa shape index (κ2) is 6.62. The van der Waals surface area contributed by atoms with Crippen LogP contribution in [0.3, 0.4) is 0 Å². The Labute approximate surface area is 167 Å². The van der Waals surface area contributed by atoms with Crippen molar-refractivity contribution in [3.05, 3.63) is 35.9 Å². The normalized spacial score (nSPS) is 13.9.